The predicted molar refractivity (Wildman–Crippen MR) is 161 cm³/mol. The van der Waals surface area contributed by atoms with E-state index in [9.17, 15) is 0 Å². The average Bonchev–Trinajstić information content (AvgIpc) is 3.37. The number of nitrogens with zero attached hydrogens (tertiary/aromatic N) is 2. The lowest BCUT2D eigenvalue weighted by atomic mass is 9.81. The molecule has 2 heterocycles. The number of para-hydroxylation sites is 1. The van der Waals surface area contributed by atoms with Crippen molar-refractivity contribution in [3.05, 3.63) is 126 Å². The molecule has 0 saturated heterocycles. The molecular formula is C36H30N2. The van der Waals surface area contributed by atoms with Crippen molar-refractivity contribution in [2.24, 2.45) is 0 Å². The Bertz CT molecular complexity index is 1830. The van der Waals surface area contributed by atoms with Crippen LogP contribution in [-0.2, 0) is 5.41 Å². The van der Waals surface area contributed by atoms with E-state index in [0.717, 1.165) is 22.6 Å². The van der Waals surface area contributed by atoms with Crippen LogP contribution >= 0.6 is 0 Å². The third-order valence-electron chi connectivity index (χ3n) is 8.61. The van der Waals surface area contributed by atoms with Crippen molar-refractivity contribution in [2.45, 2.75) is 33.1 Å². The van der Waals surface area contributed by atoms with Gasteiger partial charge >= 0.3 is 0 Å². The van der Waals surface area contributed by atoms with Crippen LogP contribution in [0.1, 0.15) is 38.8 Å². The first-order chi connectivity index (χ1) is 18.4. The zero-order valence-corrected chi connectivity index (χ0v) is 22.3. The molecule has 0 aliphatic heterocycles. The zero-order chi connectivity index (χ0) is 26.0. The average molecular weight is 491 g/mol. The van der Waals surface area contributed by atoms with Crippen molar-refractivity contribution < 1.29 is 0 Å². The Morgan fingerprint density at radius 3 is 2.00 bits per heavy atom. The van der Waals surface area contributed by atoms with Gasteiger partial charge in [-0.05, 0) is 72.0 Å². The minimum absolute atomic E-state index is 0.0305. The van der Waals surface area contributed by atoms with Crippen molar-refractivity contribution in [1.29, 1.82) is 0 Å². The second-order valence-electron chi connectivity index (χ2n) is 11.0. The van der Waals surface area contributed by atoms with Gasteiger partial charge in [0.15, 0.2) is 0 Å². The summed E-state index contributed by atoms with van der Waals surface area (Å²) in [4.78, 5) is 5.28. The third-order valence-corrected chi connectivity index (χ3v) is 8.61. The summed E-state index contributed by atoms with van der Waals surface area (Å²) >= 11 is 0. The Hall–Kier alpha value is -4.43. The maximum Gasteiger partial charge on any atom is 0.138 e. The van der Waals surface area contributed by atoms with Crippen molar-refractivity contribution in [2.75, 3.05) is 0 Å². The smallest absolute Gasteiger partial charge is 0.138 e. The second-order valence-corrected chi connectivity index (χ2v) is 11.0. The number of benzene rings is 4. The molecule has 0 bridgehead atoms. The van der Waals surface area contributed by atoms with Gasteiger partial charge in [0, 0.05) is 21.8 Å². The van der Waals surface area contributed by atoms with Crippen LogP contribution in [0.5, 0.6) is 0 Å². The molecule has 2 nitrogen and oxygen atoms in total. The van der Waals surface area contributed by atoms with E-state index in [1.807, 2.05) is 0 Å². The minimum atomic E-state index is 0.0305. The fourth-order valence-electron chi connectivity index (χ4n) is 6.15. The van der Waals surface area contributed by atoms with Crippen molar-refractivity contribution >= 4 is 27.4 Å². The number of pyridine rings is 1. The fraction of sp³-hybridized carbons (Fsp3) is 0.139. The van der Waals surface area contributed by atoms with Gasteiger partial charge in [-0.25, -0.2) is 4.98 Å². The quantitative estimate of drug-likeness (QED) is 0.241. The second kappa shape index (κ2) is 8.29. The number of hydrogen-bond donors (Lipinski definition) is 0. The molecule has 2 heteroatoms. The third kappa shape index (κ3) is 3.30. The standard InChI is InChI=1S/C36H30N2/c1-23-24(2)36(3,4)31-21-30-28-17-11-12-18-33(28)38(34(30)22-29(23)31)35-20-27(25-13-7-5-8-14-25)19-32(37-35)26-15-9-6-10-16-26/h5-22H,1-4H3. The lowest BCUT2D eigenvalue weighted by Gasteiger charge is -2.22. The summed E-state index contributed by atoms with van der Waals surface area (Å²) in [6.07, 6.45) is 0. The lowest BCUT2D eigenvalue weighted by Crippen LogP contribution is -2.15. The van der Waals surface area contributed by atoms with E-state index in [1.54, 1.807) is 0 Å². The number of fused-ring (bicyclic) bond motifs is 4. The van der Waals surface area contributed by atoms with Crippen LogP contribution in [0.2, 0.25) is 0 Å². The van der Waals surface area contributed by atoms with E-state index >= 15 is 0 Å². The number of aromatic nitrogens is 2. The first-order valence-electron chi connectivity index (χ1n) is 13.3. The summed E-state index contributed by atoms with van der Waals surface area (Å²) in [5.41, 5.74) is 12.5. The Balaban J connectivity index is 1.58. The van der Waals surface area contributed by atoms with Gasteiger partial charge in [-0.3, -0.25) is 4.57 Å². The van der Waals surface area contributed by atoms with E-state index in [2.05, 4.69) is 141 Å². The van der Waals surface area contributed by atoms with Crippen LogP contribution < -0.4 is 0 Å². The van der Waals surface area contributed by atoms with Crippen LogP contribution in [0.25, 0.3) is 55.6 Å². The maximum absolute atomic E-state index is 5.28. The van der Waals surface area contributed by atoms with Gasteiger partial charge in [-0.15, -0.1) is 0 Å². The van der Waals surface area contributed by atoms with Crippen LogP contribution in [-0.4, -0.2) is 9.55 Å². The summed E-state index contributed by atoms with van der Waals surface area (Å²) in [7, 11) is 0. The van der Waals surface area contributed by atoms with Gasteiger partial charge in [0.2, 0.25) is 0 Å². The van der Waals surface area contributed by atoms with Gasteiger partial charge in [-0.1, -0.05) is 98.3 Å². The molecule has 1 aliphatic carbocycles. The zero-order valence-electron chi connectivity index (χ0n) is 22.3. The van der Waals surface area contributed by atoms with E-state index in [4.69, 9.17) is 4.98 Å². The van der Waals surface area contributed by atoms with E-state index < -0.39 is 0 Å². The topological polar surface area (TPSA) is 17.8 Å². The Morgan fingerprint density at radius 1 is 0.605 bits per heavy atom. The summed E-state index contributed by atoms with van der Waals surface area (Å²) in [6, 6.07) is 39.1. The molecule has 6 aromatic rings. The molecule has 2 aromatic heterocycles. The predicted octanol–water partition coefficient (Wildman–Crippen LogP) is 9.60. The molecule has 0 atom stereocenters. The van der Waals surface area contributed by atoms with Crippen LogP contribution in [0.4, 0.5) is 0 Å². The number of allylic oxidation sites excluding steroid dienone is 2. The van der Waals surface area contributed by atoms with Crippen molar-refractivity contribution in [3.8, 4) is 28.2 Å². The molecule has 7 rings (SSSR count). The van der Waals surface area contributed by atoms with E-state index in [1.165, 1.54) is 49.6 Å². The van der Waals surface area contributed by atoms with E-state index in [-0.39, 0.29) is 5.41 Å². The fourth-order valence-corrected chi connectivity index (χ4v) is 6.15. The molecule has 184 valence electrons. The molecular weight excluding hydrogens is 460 g/mol. The van der Waals surface area contributed by atoms with Gasteiger partial charge in [0.1, 0.15) is 5.82 Å². The highest BCUT2D eigenvalue weighted by Gasteiger charge is 2.34. The van der Waals surface area contributed by atoms with Gasteiger partial charge < -0.3 is 0 Å². The molecule has 0 unspecified atom stereocenters. The number of rotatable bonds is 3. The molecule has 38 heavy (non-hydrogen) atoms. The molecule has 1 aliphatic rings. The largest absolute Gasteiger partial charge is 0.294 e. The molecule has 0 N–H and O–H groups in total. The van der Waals surface area contributed by atoms with Crippen molar-refractivity contribution in [1.82, 2.24) is 9.55 Å². The lowest BCUT2D eigenvalue weighted by molar-refractivity contribution is 0.639. The Morgan fingerprint density at radius 2 is 1.26 bits per heavy atom. The van der Waals surface area contributed by atoms with E-state index in [0.29, 0.717) is 0 Å². The van der Waals surface area contributed by atoms with Crippen molar-refractivity contribution in [3.63, 3.8) is 0 Å². The van der Waals surface area contributed by atoms with Crippen LogP contribution in [0.15, 0.2) is 115 Å². The van der Waals surface area contributed by atoms with Crippen LogP contribution in [0, 0.1) is 0 Å². The summed E-state index contributed by atoms with van der Waals surface area (Å²) < 4.78 is 2.36. The number of hydrogen-bond acceptors (Lipinski definition) is 1. The molecule has 0 saturated carbocycles. The molecule has 0 spiro atoms. The normalized spacial score (nSPS) is 14.4. The highest BCUT2D eigenvalue weighted by molar-refractivity contribution is 6.10. The monoisotopic (exact) mass is 490 g/mol. The summed E-state index contributed by atoms with van der Waals surface area (Å²) in [5, 5.41) is 2.54. The highest BCUT2D eigenvalue weighted by Crippen LogP contribution is 2.48. The first kappa shape index (κ1) is 22.7. The summed E-state index contributed by atoms with van der Waals surface area (Å²) in [5.74, 6) is 0.937. The highest BCUT2D eigenvalue weighted by atomic mass is 15.1. The Labute approximate surface area is 223 Å². The Kier molecular flexibility index (Phi) is 4.96. The SMILES string of the molecule is CC1=C(C)C(C)(C)c2cc3c4ccccc4n(-c4cc(-c5ccccc5)cc(-c5ccccc5)n4)c3cc21. The minimum Gasteiger partial charge on any atom is -0.294 e. The molecule has 0 radical (unpaired) electrons. The van der Waals surface area contributed by atoms with Gasteiger partial charge in [0.25, 0.3) is 0 Å². The maximum atomic E-state index is 5.28. The summed E-state index contributed by atoms with van der Waals surface area (Å²) in [6.45, 7) is 9.24. The van der Waals surface area contributed by atoms with Gasteiger partial charge in [0.05, 0.1) is 16.7 Å². The molecule has 0 fully saturated rings. The molecule has 4 aromatic carbocycles. The first-order valence-corrected chi connectivity index (χ1v) is 13.3. The van der Waals surface area contributed by atoms with Crippen LogP contribution in [0.3, 0.4) is 0 Å². The van der Waals surface area contributed by atoms with Gasteiger partial charge in [-0.2, -0.15) is 0 Å². The molecule has 0 amide bonds.